The lowest BCUT2D eigenvalue weighted by Gasteiger charge is -2.29. The molecule has 2 fully saturated rings. The van der Waals surface area contributed by atoms with E-state index < -0.39 is 11.8 Å². The van der Waals surface area contributed by atoms with E-state index in [0.717, 1.165) is 12.8 Å². The van der Waals surface area contributed by atoms with Crippen LogP contribution in [0.15, 0.2) is 11.6 Å². The number of hydrogen-bond donors (Lipinski definition) is 1. The van der Waals surface area contributed by atoms with E-state index in [4.69, 9.17) is 9.84 Å². The molecular formula is C10H15NO3. The maximum absolute atomic E-state index is 11.0. The van der Waals surface area contributed by atoms with Crippen LogP contribution in [-0.4, -0.2) is 34.5 Å². The third-order valence-corrected chi connectivity index (χ3v) is 2.69. The van der Waals surface area contributed by atoms with Gasteiger partial charge in [0.2, 0.25) is 0 Å². The van der Waals surface area contributed by atoms with Gasteiger partial charge in [-0.15, -0.1) is 0 Å². The van der Waals surface area contributed by atoms with Gasteiger partial charge in [-0.3, -0.25) is 4.90 Å². The molecule has 14 heavy (non-hydrogen) atoms. The quantitative estimate of drug-likeness (QED) is 0.652. The molecule has 4 nitrogen and oxygen atoms in total. The molecule has 1 aliphatic heterocycles. The molecule has 1 saturated carbocycles. The van der Waals surface area contributed by atoms with Crippen LogP contribution in [0.1, 0.15) is 26.7 Å². The summed E-state index contributed by atoms with van der Waals surface area (Å²) in [6.07, 6.45) is 3.35. The Bertz CT molecular complexity index is 290. The van der Waals surface area contributed by atoms with E-state index in [1.54, 1.807) is 13.8 Å². The van der Waals surface area contributed by atoms with Crippen LogP contribution in [0, 0.1) is 0 Å². The first-order chi connectivity index (χ1) is 6.50. The standard InChI is InChI=1S/C10H15NO3/c1-10(2)11(9(12)13)8(6-14-10)5-7-3-4-7/h5,8H,3-4,6H2,1-2H3,(H,12,13)/t8-/m0/s1. The van der Waals surface area contributed by atoms with Crippen LogP contribution in [-0.2, 0) is 4.74 Å². The van der Waals surface area contributed by atoms with Gasteiger partial charge in [0.25, 0.3) is 0 Å². The topological polar surface area (TPSA) is 49.8 Å². The van der Waals surface area contributed by atoms with Crippen molar-refractivity contribution in [1.29, 1.82) is 0 Å². The molecule has 0 radical (unpaired) electrons. The molecule has 1 N–H and O–H groups in total. The molecule has 2 aliphatic rings. The normalized spacial score (nSPS) is 29.1. The van der Waals surface area contributed by atoms with Gasteiger partial charge in [0, 0.05) is 0 Å². The highest BCUT2D eigenvalue weighted by Crippen LogP contribution is 2.33. The van der Waals surface area contributed by atoms with Crippen molar-refractivity contribution in [1.82, 2.24) is 4.90 Å². The highest BCUT2D eigenvalue weighted by molar-refractivity contribution is 5.67. The summed E-state index contributed by atoms with van der Waals surface area (Å²) in [5.74, 6) is 0. The van der Waals surface area contributed by atoms with Gasteiger partial charge in [0.1, 0.15) is 5.72 Å². The van der Waals surface area contributed by atoms with Gasteiger partial charge < -0.3 is 9.84 Å². The number of rotatable bonds is 1. The van der Waals surface area contributed by atoms with Crippen molar-refractivity contribution in [3.63, 3.8) is 0 Å². The number of carboxylic acid groups (broad SMARTS) is 1. The molecule has 0 spiro atoms. The van der Waals surface area contributed by atoms with Gasteiger partial charge in [0.15, 0.2) is 0 Å². The molecule has 0 aromatic heterocycles. The van der Waals surface area contributed by atoms with Crippen molar-refractivity contribution < 1.29 is 14.6 Å². The number of allylic oxidation sites excluding steroid dienone is 1. The van der Waals surface area contributed by atoms with Crippen LogP contribution < -0.4 is 0 Å². The molecule has 0 bridgehead atoms. The summed E-state index contributed by atoms with van der Waals surface area (Å²) in [6, 6.07) is -0.0972. The van der Waals surface area contributed by atoms with E-state index in [1.165, 1.54) is 10.5 Å². The third kappa shape index (κ3) is 1.62. The maximum atomic E-state index is 11.0. The van der Waals surface area contributed by atoms with E-state index in [-0.39, 0.29) is 6.04 Å². The summed E-state index contributed by atoms with van der Waals surface area (Å²) < 4.78 is 5.46. The zero-order valence-electron chi connectivity index (χ0n) is 8.49. The van der Waals surface area contributed by atoms with E-state index in [9.17, 15) is 4.79 Å². The van der Waals surface area contributed by atoms with Crippen molar-refractivity contribution in [3.05, 3.63) is 11.6 Å². The average Bonchev–Trinajstić information content (AvgIpc) is 2.77. The van der Waals surface area contributed by atoms with E-state index in [2.05, 4.69) is 0 Å². The number of carbonyl (C=O) groups is 1. The Morgan fingerprint density at radius 3 is 2.79 bits per heavy atom. The maximum Gasteiger partial charge on any atom is 0.410 e. The average molecular weight is 197 g/mol. The Kier molecular flexibility index (Phi) is 2.03. The molecule has 1 amide bonds. The van der Waals surface area contributed by atoms with Crippen molar-refractivity contribution >= 4 is 6.09 Å². The smallest absolute Gasteiger partial charge is 0.410 e. The van der Waals surface area contributed by atoms with Gasteiger partial charge in [-0.2, -0.15) is 0 Å². The fourth-order valence-corrected chi connectivity index (χ4v) is 1.84. The lowest BCUT2D eigenvalue weighted by molar-refractivity contribution is -0.0409. The highest BCUT2D eigenvalue weighted by Gasteiger charge is 2.43. The molecule has 1 atom stereocenters. The minimum absolute atomic E-state index is 0.0972. The van der Waals surface area contributed by atoms with Crippen LogP contribution in [0.25, 0.3) is 0 Å². The minimum atomic E-state index is -0.907. The second-order valence-electron chi connectivity index (χ2n) is 4.30. The molecule has 4 heteroatoms. The van der Waals surface area contributed by atoms with E-state index in [1.807, 2.05) is 6.08 Å². The molecule has 1 aliphatic carbocycles. The molecule has 78 valence electrons. The Labute approximate surface area is 83.2 Å². The Morgan fingerprint density at radius 1 is 1.64 bits per heavy atom. The van der Waals surface area contributed by atoms with Crippen LogP contribution in [0.3, 0.4) is 0 Å². The van der Waals surface area contributed by atoms with Gasteiger partial charge >= 0.3 is 6.09 Å². The summed E-state index contributed by atoms with van der Waals surface area (Å²) in [5, 5.41) is 9.07. The SMILES string of the molecule is CC1(C)OC[C@H](C=C2CC2)N1C(=O)O. The minimum Gasteiger partial charge on any atom is -0.465 e. The first-order valence-corrected chi connectivity index (χ1v) is 4.86. The second-order valence-corrected chi connectivity index (χ2v) is 4.30. The summed E-state index contributed by atoms with van der Waals surface area (Å²) in [4.78, 5) is 12.4. The lowest BCUT2D eigenvalue weighted by atomic mass is 10.2. The van der Waals surface area contributed by atoms with Gasteiger partial charge in [-0.25, -0.2) is 4.79 Å². The van der Waals surface area contributed by atoms with Crippen molar-refractivity contribution in [2.24, 2.45) is 0 Å². The molecular weight excluding hydrogens is 182 g/mol. The summed E-state index contributed by atoms with van der Waals surface area (Å²) in [5.41, 5.74) is 0.658. The number of amides is 1. The zero-order valence-corrected chi connectivity index (χ0v) is 8.49. The Morgan fingerprint density at radius 2 is 2.29 bits per heavy atom. The van der Waals surface area contributed by atoms with Crippen molar-refractivity contribution in [3.8, 4) is 0 Å². The second kappa shape index (κ2) is 2.98. The first-order valence-electron chi connectivity index (χ1n) is 4.86. The largest absolute Gasteiger partial charge is 0.465 e. The number of hydrogen-bond acceptors (Lipinski definition) is 2. The van der Waals surface area contributed by atoms with Gasteiger partial charge in [0.05, 0.1) is 12.6 Å². The Hall–Kier alpha value is -1.03. The first kappa shape index (κ1) is 9.52. The monoisotopic (exact) mass is 197 g/mol. The number of nitrogens with zero attached hydrogens (tertiary/aromatic N) is 1. The van der Waals surface area contributed by atoms with E-state index in [0.29, 0.717) is 6.61 Å². The molecule has 0 aromatic rings. The van der Waals surface area contributed by atoms with Crippen LogP contribution in [0.5, 0.6) is 0 Å². The van der Waals surface area contributed by atoms with Crippen LogP contribution in [0.2, 0.25) is 0 Å². The lowest BCUT2D eigenvalue weighted by Crippen LogP contribution is -2.46. The fraction of sp³-hybridized carbons (Fsp3) is 0.700. The van der Waals surface area contributed by atoms with Gasteiger partial charge in [-0.1, -0.05) is 11.6 Å². The molecule has 0 unspecified atom stereocenters. The fourth-order valence-electron chi connectivity index (χ4n) is 1.84. The van der Waals surface area contributed by atoms with Crippen LogP contribution >= 0.6 is 0 Å². The summed E-state index contributed by atoms with van der Waals surface area (Å²) in [7, 11) is 0. The summed E-state index contributed by atoms with van der Waals surface area (Å²) >= 11 is 0. The van der Waals surface area contributed by atoms with Crippen LogP contribution in [0.4, 0.5) is 4.79 Å². The highest BCUT2D eigenvalue weighted by atomic mass is 16.5. The predicted octanol–water partition coefficient (Wildman–Crippen LogP) is 1.82. The molecule has 2 rings (SSSR count). The third-order valence-electron chi connectivity index (χ3n) is 2.69. The number of ether oxygens (including phenoxy) is 1. The van der Waals surface area contributed by atoms with Crippen molar-refractivity contribution in [2.75, 3.05) is 6.61 Å². The summed E-state index contributed by atoms with van der Waals surface area (Å²) in [6.45, 7) is 4.04. The Balaban J connectivity index is 2.18. The van der Waals surface area contributed by atoms with E-state index >= 15 is 0 Å². The van der Waals surface area contributed by atoms with Crippen molar-refractivity contribution in [2.45, 2.75) is 38.5 Å². The molecule has 0 aromatic carbocycles. The predicted molar refractivity (Wildman–Crippen MR) is 51.0 cm³/mol. The molecule has 1 heterocycles. The molecule has 1 saturated heterocycles. The zero-order chi connectivity index (χ0) is 10.3. The van der Waals surface area contributed by atoms with Gasteiger partial charge in [-0.05, 0) is 26.7 Å².